The third-order valence-electron chi connectivity index (χ3n) is 4.62. The first-order valence-corrected chi connectivity index (χ1v) is 9.11. The molecule has 3 rings (SSSR count). The summed E-state index contributed by atoms with van der Waals surface area (Å²) in [6, 6.07) is 7.56. The van der Waals surface area contributed by atoms with Crippen LogP contribution in [0.3, 0.4) is 0 Å². The lowest BCUT2D eigenvalue weighted by atomic mass is 9.98. The Kier molecular flexibility index (Phi) is 5.83. The van der Waals surface area contributed by atoms with Gasteiger partial charge in [0.1, 0.15) is 0 Å². The van der Waals surface area contributed by atoms with E-state index in [2.05, 4.69) is 34.0 Å². The Bertz CT molecular complexity index is 728. The standard InChI is InChI=1S/C20H26N4O2/c1-14(2)23-20-21-10-17(11-22-20)13-24-8-7-16(12-24)9-15-3-5-18(6-4-15)19(25)26/h3-6,10-11,14,16H,7-9,12-13H2,1-2H3,(H,25,26)(H,21,22,23)/t16-/m0/s1. The molecule has 1 aromatic carbocycles. The Hall–Kier alpha value is -2.47. The molecular formula is C20H26N4O2. The van der Waals surface area contributed by atoms with E-state index in [0.717, 1.165) is 38.0 Å². The van der Waals surface area contributed by atoms with E-state index in [-0.39, 0.29) is 0 Å². The highest BCUT2D eigenvalue weighted by atomic mass is 16.4. The molecule has 26 heavy (non-hydrogen) atoms. The first kappa shape index (κ1) is 18.3. The molecule has 0 amide bonds. The molecule has 0 bridgehead atoms. The van der Waals surface area contributed by atoms with Gasteiger partial charge >= 0.3 is 5.97 Å². The van der Waals surface area contributed by atoms with Gasteiger partial charge in [0.05, 0.1) is 5.56 Å². The van der Waals surface area contributed by atoms with E-state index in [1.54, 1.807) is 12.1 Å². The fourth-order valence-corrected chi connectivity index (χ4v) is 3.37. The Labute approximate surface area is 154 Å². The number of hydrogen-bond donors (Lipinski definition) is 2. The first-order chi connectivity index (χ1) is 12.5. The summed E-state index contributed by atoms with van der Waals surface area (Å²) in [5.74, 6) is 0.404. The summed E-state index contributed by atoms with van der Waals surface area (Å²) in [6.45, 7) is 7.13. The van der Waals surface area contributed by atoms with Gasteiger partial charge in [-0.25, -0.2) is 14.8 Å². The highest BCUT2D eigenvalue weighted by Gasteiger charge is 2.23. The van der Waals surface area contributed by atoms with Crippen LogP contribution in [0.25, 0.3) is 0 Å². The summed E-state index contributed by atoms with van der Waals surface area (Å²) in [6.07, 6.45) is 5.95. The van der Waals surface area contributed by atoms with Crippen LogP contribution in [0.1, 0.15) is 41.8 Å². The number of nitrogens with zero attached hydrogens (tertiary/aromatic N) is 3. The molecule has 1 saturated heterocycles. The number of rotatable bonds is 7. The fourth-order valence-electron chi connectivity index (χ4n) is 3.37. The predicted octanol–water partition coefficient (Wildman–Crippen LogP) is 3.06. The summed E-state index contributed by atoms with van der Waals surface area (Å²) in [5.41, 5.74) is 2.68. The number of carboxylic acids is 1. The zero-order valence-electron chi connectivity index (χ0n) is 15.4. The fraction of sp³-hybridized carbons (Fsp3) is 0.450. The number of anilines is 1. The average molecular weight is 354 g/mol. The van der Waals surface area contributed by atoms with Crippen LogP contribution in [0.4, 0.5) is 5.95 Å². The third kappa shape index (κ3) is 5.02. The van der Waals surface area contributed by atoms with Gasteiger partial charge in [-0.1, -0.05) is 12.1 Å². The summed E-state index contributed by atoms with van der Waals surface area (Å²) in [4.78, 5) is 22.1. The van der Waals surface area contributed by atoms with Crippen molar-refractivity contribution in [1.29, 1.82) is 0 Å². The van der Waals surface area contributed by atoms with Gasteiger partial charge < -0.3 is 10.4 Å². The second-order valence-corrected chi connectivity index (χ2v) is 7.31. The van der Waals surface area contributed by atoms with E-state index in [1.165, 1.54) is 5.56 Å². The SMILES string of the molecule is CC(C)Nc1ncc(CN2CC[C@@H](Cc3ccc(C(=O)O)cc3)C2)cn1. The molecule has 1 fully saturated rings. The Balaban J connectivity index is 1.49. The van der Waals surface area contributed by atoms with Crippen molar-refractivity contribution < 1.29 is 9.90 Å². The molecule has 0 unspecified atom stereocenters. The van der Waals surface area contributed by atoms with Crippen molar-refractivity contribution in [2.75, 3.05) is 18.4 Å². The zero-order valence-corrected chi connectivity index (χ0v) is 15.4. The molecule has 138 valence electrons. The van der Waals surface area contributed by atoms with E-state index in [4.69, 9.17) is 5.11 Å². The second kappa shape index (κ2) is 8.27. The minimum absolute atomic E-state index is 0.324. The lowest BCUT2D eigenvalue weighted by Crippen LogP contribution is -2.21. The van der Waals surface area contributed by atoms with E-state index in [9.17, 15) is 4.79 Å². The molecule has 2 aromatic rings. The minimum atomic E-state index is -0.875. The number of nitrogens with one attached hydrogen (secondary N) is 1. The smallest absolute Gasteiger partial charge is 0.335 e. The normalized spacial score (nSPS) is 17.6. The molecule has 1 aliphatic heterocycles. The van der Waals surface area contributed by atoms with Gasteiger partial charge in [0.2, 0.25) is 5.95 Å². The van der Waals surface area contributed by atoms with Crippen molar-refractivity contribution in [2.45, 2.75) is 39.3 Å². The molecule has 0 saturated carbocycles. The average Bonchev–Trinajstić information content (AvgIpc) is 3.03. The molecule has 6 nitrogen and oxygen atoms in total. The summed E-state index contributed by atoms with van der Waals surface area (Å²) in [7, 11) is 0. The lowest BCUT2D eigenvalue weighted by molar-refractivity contribution is 0.0697. The predicted molar refractivity (Wildman–Crippen MR) is 101 cm³/mol. The first-order valence-electron chi connectivity index (χ1n) is 9.11. The summed E-state index contributed by atoms with van der Waals surface area (Å²) >= 11 is 0. The van der Waals surface area contributed by atoms with Crippen molar-refractivity contribution >= 4 is 11.9 Å². The van der Waals surface area contributed by atoms with Crippen molar-refractivity contribution in [2.24, 2.45) is 5.92 Å². The quantitative estimate of drug-likeness (QED) is 0.796. The third-order valence-corrected chi connectivity index (χ3v) is 4.62. The number of carbonyl (C=O) groups is 1. The van der Waals surface area contributed by atoms with Gasteiger partial charge in [-0.15, -0.1) is 0 Å². The molecule has 0 aliphatic carbocycles. The van der Waals surface area contributed by atoms with Gasteiger partial charge in [0.15, 0.2) is 0 Å². The Morgan fingerprint density at radius 3 is 2.54 bits per heavy atom. The molecule has 2 heterocycles. The van der Waals surface area contributed by atoms with Crippen LogP contribution in [-0.4, -0.2) is 45.1 Å². The second-order valence-electron chi connectivity index (χ2n) is 7.31. The zero-order chi connectivity index (χ0) is 18.5. The van der Waals surface area contributed by atoms with Crippen LogP contribution in [0.2, 0.25) is 0 Å². The number of likely N-dealkylation sites (tertiary alicyclic amines) is 1. The molecule has 1 aromatic heterocycles. The number of aromatic carboxylic acids is 1. The highest BCUT2D eigenvalue weighted by Crippen LogP contribution is 2.22. The van der Waals surface area contributed by atoms with Crippen molar-refractivity contribution in [3.05, 3.63) is 53.3 Å². The van der Waals surface area contributed by atoms with Crippen LogP contribution in [0.5, 0.6) is 0 Å². The van der Waals surface area contributed by atoms with Crippen LogP contribution in [0, 0.1) is 5.92 Å². The Morgan fingerprint density at radius 1 is 1.23 bits per heavy atom. The number of aromatic nitrogens is 2. The summed E-state index contributed by atoms with van der Waals surface area (Å²) in [5, 5.41) is 12.2. The van der Waals surface area contributed by atoms with Gasteiger partial charge in [0, 0.05) is 37.1 Å². The van der Waals surface area contributed by atoms with E-state index in [1.807, 2.05) is 24.5 Å². The number of benzene rings is 1. The molecular weight excluding hydrogens is 328 g/mol. The maximum absolute atomic E-state index is 10.9. The lowest BCUT2D eigenvalue weighted by Gasteiger charge is -2.16. The van der Waals surface area contributed by atoms with E-state index in [0.29, 0.717) is 23.5 Å². The van der Waals surface area contributed by atoms with Crippen molar-refractivity contribution in [1.82, 2.24) is 14.9 Å². The molecule has 1 atom stereocenters. The largest absolute Gasteiger partial charge is 0.478 e. The molecule has 1 aliphatic rings. The van der Waals surface area contributed by atoms with Gasteiger partial charge in [0.25, 0.3) is 0 Å². The highest BCUT2D eigenvalue weighted by molar-refractivity contribution is 5.87. The van der Waals surface area contributed by atoms with Crippen LogP contribution in [0.15, 0.2) is 36.7 Å². The number of hydrogen-bond acceptors (Lipinski definition) is 5. The van der Waals surface area contributed by atoms with Crippen molar-refractivity contribution in [3.63, 3.8) is 0 Å². The maximum atomic E-state index is 10.9. The number of carboxylic acid groups (broad SMARTS) is 1. The van der Waals surface area contributed by atoms with Crippen LogP contribution >= 0.6 is 0 Å². The van der Waals surface area contributed by atoms with Gasteiger partial charge in [-0.05, 0) is 56.8 Å². The topological polar surface area (TPSA) is 78.4 Å². The van der Waals surface area contributed by atoms with Gasteiger partial charge in [-0.2, -0.15) is 0 Å². The summed E-state index contributed by atoms with van der Waals surface area (Å²) < 4.78 is 0. The molecule has 0 radical (unpaired) electrons. The monoisotopic (exact) mass is 354 g/mol. The molecule has 0 spiro atoms. The van der Waals surface area contributed by atoms with E-state index < -0.39 is 5.97 Å². The van der Waals surface area contributed by atoms with E-state index >= 15 is 0 Å². The Morgan fingerprint density at radius 2 is 1.92 bits per heavy atom. The van der Waals surface area contributed by atoms with Crippen LogP contribution < -0.4 is 5.32 Å². The van der Waals surface area contributed by atoms with Gasteiger partial charge in [-0.3, -0.25) is 4.90 Å². The molecule has 2 N–H and O–H groups in total. The molecule has 6 heteroatoms. The van der Waals surface area contributed by atoms with Crippen LogP contribution in [-0.2, 0) is 13.0 Å². The minimum Gasteiger partial charge on any atom is -0.478 e. The maximum Gasteiger partial charge on any atom is 0.335 e. The van der Waals surface area contributed by atoms with Crippen molar-refractivity contribution in [3.8, 4) is 0 Å².